The van der Waals surface area contributed by atoms with Crippen LogP contribution in [-0.4, -0.2) is 29.7 Å². The second-order valence-electron chi connectivity index (χ2n) is 5.51. The summed E-state index contributed by atoms with van der Waals surface area (Å²) in [4.78, 5) is 23.6. The lowest BCUT2D eigenvalue weighted by atomic mass is 10.2. The van der Waals surface area contributed by atoms with Crippen molar-refractivity contribution in [3.63, 3.8) is 0 Å². The lowest BCUT2D eigenvalue weighted by Gasteiger charge is -2.09. The summed E-state index contributed by atoms with van der Waals surface area (Å²) in [6.07, 6.45) is -3.44. The predicted molar refractivity (Wildman–Crippen MR) is 100 cm³/mol. The number of rotatable bonds is 5. The molecule has 2 aromatic rings. The molecule has 0 unspecified atom stereocenters. The van der Waals surface area contributed by atoms with Crippen molar-refractivity contribution >= 4 is 35.3 Å². The molecule has 0 aliphatic rings. The standard InChI is InChI=1S/C18H15ClF3N3O4/c1-2-29-14-7-10(6-13(19)15(14)26)9-23-25-17(28)16(27)24-12-5-3-4-11(8-12)18(20,21)22/h3-9,26H,2H2,1H3,(H,24,27)(H,25,28)/b23-9-. The van der Waals surface area contributed by atoms with Crippen LogP contribution in [0.2, 0.25) is 5.02 Å². The number of amides is 2. The highest BCUT2D eigenvalue weighted by molar-refractivity contribution is 6.39. The Bertz CT molecular complexity index is 948. The molecule has 11 heteroatoms. The van der Waals surface area contributed by atoms with Gasteiger partial charge in [0.2, 0.25) is 0 Å². The van der Waals surface area contributed by atoms with Crippen molar-refractivity contribution in [1.29, 1.82) is 0 Å². The second-order valence-corrected chi connectivity index (χ2v) is 5.92. The Labute approximate surface area is 168 Å². The fourth-order valence-electron chi connectivity index (χ4n) is 2.11. The smallest absolute Gasteiger partial charge is 0.416 e. The number of hydrazone groups is 1. The van der Waals surface area contributed by atoms with E-state index in [1.807, 2.05) is 10.7 Å². The van der Waals surface area contributed by atoms with E-state index in [2.05, 4.69) is 5.10 Å². The number of anilines is 1. The first-order valence-corrected chi connectivity index (χ1v) is 8.46. The number of phenolic OH excluding ortho intramolecular Hbond substituents is 1. The minimum atomic E-state index is -4.58. The van der Waals surface area contributed by atoms with Gasteiger partial charge in [0.1, 0.15) is 0 Å². The van der Waals surface area contributed by atoms with Gasteiger partial charge in [-0.1, -0.05) is 17.7 Å². The summed E-state index contributed by atoms with van der Waals surface area (Å²) in [7, 11) is 0. The van der Waals surface area contributed by atoms with Gasteiger partial charge in [-0.3, -0.25) is 9.59 Å². The molecule has 0 fully saturated rings. The van der Waals surface area contributed by atoms with Gasteiger partial charge in [-0.2, -0.15) is 18.3 Å². The van der Waals surface area contributed by atoms with E-state index >= 15 is 0 Å². The maximum absolute atomic E-state index is 12.7. The van der Waals surface area contributed by atoms with Crippen LogP contribution >= 0.6 is 11.6 Å². The number of aromatic hydroxyl groups is 1. The Morgan fingerprint density at radius 2 is 1.97 bits per heavy atom. The van der Waals surface area contributed by atoms with Gasteiger partial charge < -0.3 is 15.2 Å². The Hall–Kier alpha value is -3.27. The number of alkyl halides is 3. The van der Waals surface area contributed by atoms with Crippen molar-refractivity contribution in [3.8, 4) is 11.5 Å². The summed E-state index contributed by atoms with van der Waals surface area (Å²) in [5.41, 5.74) is 1.12. The van der Waals surface area contributed by atoms with Crippen LogP contribution in [0.3, 0.4) is 0 Å². The number of carbonyl (C=O) groups excluding carboxylic acids is 2. The van der Waals surface area contributed by atoms with Gasteiger partial charge in [-0.15, -0.1) is 0 Å². The van der Waals surface area contributed by atoms with Crippen molar-refractivity contribution in [2.75, 3.05) is 11.9 Å². The SMILES string of the molecule is CCOc1cc(/C=N\NC(=O)C(=O)Nc2cccc(C(F)(F)F)c2)cc(Cl)c1O. The average Bonchev–Trinajstić information content (AvgIpc) is 2.65. The molecule has 0 aromatic heterocycles. The van der Waals surface area contributed by atoms with Crippen LogP contribution < -0.4 is 15.5 Å². The Balaban J connectivity index is 2.01. The molecular formula is C18H15ClF3N3O4. The topological polar surface area (TPSA) is 100 Å². The molecule has 154 valence electrons. The average molecular weight is 430 g/mol. The maximum atomic E-state index is 12.7. The molecule has 7 nitrogen and oxygen atoms in total. The van der Waals surface area contributed by atoms with Crippen LogP contribution in [0.1, 0.15) is 18.1 Å². The number of ether oxygens (including phenoxy) is 1. The van der Waals surface area contributed by atoms with Crippen LogP contribution in [0, 0.1) is 0 Å². The third-order valence-corrected chi connectivity index (χ3v) is 3.67. The van der Waals surface area contributed by atoms with Crippen LogP contribution in [0.4, 0.5) is 18.9 Å². The highest BCUT2D eigenvalue weighted by atomic mass is 35.5. The van der Waals surface area contributed by atoms with E-state index in [9.17, 15) is 27.9 Å². The van der Waals surface area contributed by atoms with E-state index in [0.717, 1.165) is 18.3 Å². The van der Waals surface area contributed by atoms with Crippen molar-refractivity contribution < 1.29 is 32.6 Å². The van der Waals surface area contributed by atoms with Gasteiger partial charge in [0.05, 0.1) is 23.4 Å². The molecule has 2 aromatic carbocycles. The van der Waals surface area contributed by atoms with Gasteiger partial charge in [0.25, 0.3) is 0 Å². The van der Waals surface area contributed by atoms with Gasteiger partial charge in [-0.25, -0.2) is 5.43 Å². The molecule has 0 bridgehead atoms. The molecule has 2 amide bonds. The summed E-state index contributed by atoms with van der Waals surface area (Å²) < 4.78 is 43.2. The fraction of sp³-hybridized carbons (Fsp3) is 0.167. The number of halogens is 4. The first-order chi connectivity index (χ1) is 13.6. The number of carbonyl (C=O) groups is 2. The van der Waals surface area contributed by atoms with Crippen LogP contribution in [0.25, 0.3) is 0 Å². The zero-order valence-corrected chi connectivity index (χ0v) is 15.6. The zero-order chi connectivity index (χ0) is 21.6. The summed E-state index contributed by atoms with van der Waals surface area (Å²) in [5.74, 6) is -2.56. The molecule has 0 radical (unpaired) electrons. The van der Waals surface area contributed by atoms with E-state index in [4.69, 9.17) is 16.3 Å². The normalized spacial score (nSPS) is 11.3. The summed E-state index contributed by atoms with van der Waals surface area (Å²) in [5, 5.41) is 15.4. The van der Waals surface area contributed by atoms with Crippen molar-refractivity contribution in [2.45, 2.75) is 13.1 Å². The molecule has 0 heterocycles. The minimum Gasteiger partial charge on any atom is -0.503 e. The van der Waals surface area contributed by atoms with E-state index in [0.29, 0.717) is 11.6 Å². The summed E-state index contributed by atoms with van der Waals surface area (Å²) in [6.45, 7) is 1.98. The zero-order valence-electron chi connectivity index (χ0n) is 14.9. The largest absolute Gasteiger partial charge is 0.503 e. The molecule has 0 atom stereocenters. The molecule has 3 N–H and O–H groups in total. The van der Waals surface area contributed by atoms with Gasteiger partial charge in [-0.05, 0) is 42.8 Å². The number of benzene rings is 2. The van der Waals surface area contributed by atoms with Gasteiger partial charge >= 0.3 is 18.0 Å². The summed E-state index contributed by atoms with van der Waals surface area (Å²) in [6, 6.07) is 6.58. The fourth-order valence-corrected chi connectivity index (χ4v) is 2.33. The predicted octanol–water partition coefficient (Wildman–Crippen LogP) is 3.55. The highest BCUT2D eigenvalue weighted by Gasteiger charge is 2.30. The first-order valence-electron chi connectivity index (χ1n) is 8.08. The second kappa shape index (κ2) is 9.28. The molecule has 0 spiro atoms. The molecular weight excluding hydrogens is 415 g/mol. The monoisotopic (exact) mass is 429 g/mol. The van der Waals surface area contributed by atoms with Crippen molar-refractivity contribution in [1.82, 2.24) is 5.43 Å². The van der Waals surface area contributed by atoms with E-state index in [-0.39, 0.29) is 28.8 Å². The van der Waals surface area contributed by atoms with Crippen LogP contribution in [0.15, 0.2) is 41.5 Å². The third-order valence-electron chi connectivity index (χ3n) is 3.38. The Morgan fingerprint density at radius 1 is 1.24 bits per heavy atom. The van der Waals surface area contributed by atoms with E-state index < -0.39 is 23.6 Å². The number of phenols is 1. The number of hydrogen-bond donors (Lipinski definition) is 3. The highest BCUT2D eigenvalue weighted by Crippen LogP contribution is 2.34. The Kier molecular flexibility index (Phi) is 7.05. The van der Waals surface area contributed by atoms with Crippen molar-refractivity contribution in [2.24, 2.45) is 5.10 Å². The van der Waals surface area contributed by atoms with Crippen LogP contribution in [0.5, 0.6) is 11.5 Å². The van der Waals surface area contributed by atoms with Crippen molar-refractivity contribution in [3.05, 3.63) is 52.5 Å². The van der Waals surface area contributed by atoms with Crippen LogP contribution in [-0.2, 0) is 15.8 Å². The number of nitrogens with one attached hydrogen (secondary N) is 2. The first kappa shape index (κ1) is 22.0. The van der Waals surface area contributed by atoms with E-state index in [1.165, 1.54) is 18.2 Å². The quantitative estimate of drug-likeness (QED) is 0.384. The molecule has 0 aliphatic carbocycles. The number of nitrogens with zero attached hydrogens (tertiary/aromatic N) is 1. The number of hydrogen-bond acceptors (Lipinski definition) is 5. The van der Waals surface area contributed by atoms with Gasteiger partial charge in [0.15, 0.2) is 11.5 Å². The summed E-state index contributed by atoms with van der Waals surface area (Å²) >= 11 is 5.86. The molecule has 0 aliphatic heterocycles. The molecule has 29 heavy (non-hydrogen) atoms. The van der Waals surface area contributed by atoms with E-state index in [1.54, 1.807) is 6.92 Å². The van der Waals surface area contributed by atoms with Gasteiger partial charge in [0, 0.05) is 5.69 Å². The lowest BCUT2D eigenvalue weighted by molar-refractivity contribution is -0.137. The molecule has 0 saturated heterocycles. The third kappa shape index (κ3) is 6.11. The lowest BCUT2D eigenvalue weighted by Crippen LogP contribution is -2.32. The minimum absolute atomic E-state index is 0.00832. The molecule has 2 rings (SSSR count). The molecule has 0 saturated carbocycles. The maximum Gasteiger partial charge on any atom is 0.416 e. The Morgan fingerprint density at radius 3 is 2.62 bits per heavy atom.